The van der Waals surface area contributed by atoms with E-state index in [2.05, 4.69) is 12.0 Å². The van der Waals surface area contributed by atoms with Crippen molar-refractivity contribution < 1.29 is 0 Å². The second-order valence-electron chi connectivity index (χ2n) is 2.74. The van der Waals surface area contributed by atoms with E-state index in [0.717, 1.165) is 29.3 Å². The highest BCUT2D eigenvalue weighted by molar-refractivity contribution is 6.30. The number of aryl methyl sites for hydroxylation is 2. The lowest BCUT2D eigenvalue weighted by Gasteiger charge is -1.91. The Morgan fingerprint density at radius 1 is 1.55 bits per heavy atom. The van der Waals surface area contributed by atoms with Gasteiger partial charge in [-0.2, -0.15) is 5.10 Å². The maximum absolute atomic E-state index is 5.93. The molecule has 0 spiro atoms. The Morgan fingerprint density at radius 3 is 2.55 bits per heavy atom. The first-order valence-electron chi connectivity index (χ1n) is 3.84. The van der Waals surface area contributed by atoms with Crippen LogP contribution >= 0.6 is 11.6 Å². The third kappa shape index (κ3) is 1.56. The van der Waals surface area contributed by atoms with Gasteiger partial charge in [0.2, 0.25) is 0 Å². The van der Waals surface area contributed by atoms with Gasteiger partial charge in [0.05, 0.1) is 5.69 Å². The summed E-state index contributed by atoms with van der Waals surface area (Å²) in [6.45, 7) is 4.16. The van der Waals surface area contributed by atoms with E-state index in [1.54, 1.807) is 4.68 Å². The predicted molar refractivity (Wildman–Crippen MR) is 47.0 cm³/mol. The number of hydrogen-bond donors (Lipinski definition) is 0. The third-order valence-electron chi connectivity index (χ3n) is 1.78. The van der Waals surface area contributed by atoms with E-state index in [1.807, 2.05) is 14.0 Å². The summed E-state index contributed by atoms with van der Waals surface area (Å²) in [5.41, 5.74) is 2.25. The fourth-order valence-electron chi connectivity index (χ4n) is 1.14. The van der Waals surface area contributed by atoms with Crippen molar-refractivity contribution in [2.24, 2.45) is 7.05 Å². The average molecular weight is 173 g/mol. The zero-order valence-electron chi connectivity index (χ0n) is 7.19. The lowest BCUT2D eigenvalue weighted by Crippen LogP contribution is -1.91. The Kier molecular flexibility index (Phi) is 2.55. The van der Waals surface area contributed by atoms with Gasteiger partial charge >= 0.3 is 0 Å². The zero-order valence-corrected chi connectivity index (χ0v) is 7.94. The fraction of sp³-hybridized carbons (Fsp3) is 0.625. The van der Waals surface area contributed by atoms with Crippen LogP contribution in [0.3, 0.4) is 0 Å². The van der Waals surface area contributed by atoms with Gasteiger partial charge in [0.25, 0.3) is 0 Å². The van der Waals surface area contributed by atoms with Crippen LogP contribution in [0.1, 0.15) is 24.6 Å². The van der Waals surface area contributed by atoms with E-state index in [-0.39, 0.29) is 0 Å². The lowest BCUT2D eigenvalue weighted by atomic mass is 10.2. The van der Waals surface area contributed by atoms with E-state index in [0.29, 0.717) is 0 Å². The highest BCUT2D eigenvalue weighted by Gasteiger charge is 2.07. The quantitative estimate of drug-likeness (QED) is 0.670. The van der Waals surface area contributed by atoms with Crippen LogP contribution in [0.25, 0.3) is 0 Å². The fourth-order valence-corrected chi connectivity index (χ4v) is 1.28. The van der Waals surface area contributed by atoms with Crippen LogP contribution in [-0.4, -0.2) is 9.78 Å². The second kappa shape index (κ2) is 3.26. The summed E-state index contributed by atoms with van der Waals surface area (Å²) in [6, 6.07) is 0. The molecule has 0 radical (unpaired) electrons. The Bertz CT molecular complexity index is 253. The molecule has 0 fully saturated rings. The Balaban J connectivity index is 2.98. The van der Waals surface area contributed by atoms with Gasteiger partial charge < -0.3 is 0 Å². The molecule has 1 aromatic heterocycles. The summed E-state index contributed by atoms with van der Waals surface area (Å²) in [5.74, 6) is 0. The minimum Gasteiger partial charge on any atom is -0.257 e. The van der Waals surface area contributed by atoms with Crippen LogP contribution in [0.5, 0.6) is 0 Å². The molecule has 1 rings (SSSR count). The number of nitrogens with zero attached hydrogens (tertiary/aromatic N) is 2. The van der Waals surface area contributed by atoms with E-state index in [1.165, 1.54) is 0 Å². The third-order valence-corrected chi connectivity index (χ3v) is 2.31. The molecule has 0 aromatic carbocycles. The Hall–Kier alpha value is -0.500. The topological polar surface area (TPSA) is 17.8 Å². The number of rotatable bonds is 2. The molecule has 1 aromatic rings. The van der Waals surface area contributed by atoms with Crippen molar-refractivity contribution in [2.75, 3.05) is 0 Å². The van der Waals surface area contributed by atoms with Crippen molar-refractivity contribution >= 4 is 11.6 Å². The number of aromatic nitrogens is 2. The number of halogens is 1. The minimum absolute atomic E-state index is 0.758. The molecule has 11 heavy (non-hydrogen) atoms. The molecule has 0 saturated heterocycles. The van der Waals surface area contributed by atoms with Gasteiger partial charge in [-0.15, -0.1) is 0 Å². The summed E-state index contributed by atoms with van der Waals surface area (Å²) >= 11 is 5.93. The van der Waals surface area contributed by atoms with Crippen molar-refractivity contribution in [3.63, 3.8) is 0 Å². The Labute approximate surface area is 72.2 Å². The van der Waals surface area contributed by atoms with Gasteiger partial charge in [0.15, 0.2) is 0 Å². The molecular weight excluding hydrogens is 160 g/mol. The first-order chi connectivity index (χ1) is 5.16. The van der Waals surface area contributed by atoms with Crippen LogP contribution in [0.4, 0.5) is 0 Å². The van der Waals surface area contributed by atoms with Crippen LogP contribution in [-0.2, 0) is 13.5 Å². The normalized spacial score (nSPS) is 10.5. The van der Waals surface area contributed by atoms with Crippen molar-refractivity contribution in [2.45, 2.75) is 26.7 Å². The predicted octanol–water partition coefficient (Wildman–Crippen LogP) is 2.33. The molecule has 0 N–H and O–H groups in total. The van der Waals surface area contributed by atoms with Crippen LogP contribution < -0.4 is 0 Å². The SMILES string of the molecule is CCCc1nn(C)c(Cl)c1C. The van der Waals surface area contributed by atoms with E-state index in [4.69, 9.17) is 11.6 Å². The summed E-state index contributed by atoms with van der Waals surface area (Å²) in [6.07, 6.45) is 2.14. The van der Waals surface area contributed by atoms with Gasteiger partial charge in [-0.1, -0.05) is 24.9 Å². The molecule has 0 aliphatic rings. The molecule has 62 valence electrons. The van der Waals surface area contributed by atoms with Gasteiger partial charge in [-0.05, 0) is 13.3 Å². The van der Waals surface area contributed by atoms with Crippen molar-refractivity contribution in [1.82, 2.24) is 9.78 Å². The van der Waals surface area contributed by atoms with Crippen molar-refractivity contribution in [3.05, 3.63) is 16.4 Å². The zero-order chi connectivity index (χ0) is 8.43. The van der Waals surface area contributed by atoms with Gasteiger partial charge in [0.1, 0.15) is 5.15 Å². The molecule has 1 heterocycles. The number of hydrogen-bond acceptors (Lipinski definition) is 1. The van der Waals surface area contributed by atoms with Gasteiger partial charge in [-0.3, -0.25) is 4.68 Å². The minimum atomic E-state index is 0.758. The van der Waals surface area contributed by atoms with Crippen molar-refractivity contribution in [3.8, 4) is 0 Å². The summed E-state index contributed by atoms with van der Waals surface area (Å²) in [5, 5.41) is 5.04. The molecule has 2 nitrogen and oxygen atoms in total. The molecule has 0 bridgehead atoms. The summed E-state index contributed by atoms with van der Waals surface area (Å²) < 4.78 is 1.72. The van der Waals surface area contributed by atoms with E-state index < -0.39 is 0 Å². The standard InChI is InChI=1S/C8H13ClN2/c1-4-5-7-6(2)8(9)11(3)10-7/h4-5H2,1-3H3. The maximum Gasteiger partial charge on any atom is 0.129 e. The molecular formula is C8H13ClN2. The molecule has 0 saturated carbocycles. The smallest absolute Gasteiger partial charge is 0.129 e. The van der Waals surface area contributed by atoms with E-state index >= 15 is 0 Å². The Morgan fingerprint density at radius 2 is 2.18 bits per heavy atom. The first-order valence-corrected chi connectivity index (χ1v) is 4.22. The molecule has 0 amide bonds. The molecule has 0 atom stereocenters. The lowest BCUT2D eigenvalue weighted by molar-refractivity contribution is 0.734. The highest BCUT2D eigenvalue weighted by atomic mass is 35.5. The van der Waals surface area contributed by atoms with Crippen LogP contribution in [0.15, 0.2) is 0 Å². The molecule has 0 unspecified atom stereocenters. The van der Waals surface area contributed by atoms with Crippen LogP contribution in [0, 0.1) is 6.92 Å². The first kappa shape index (κ1) is 8.60. The summed E-state index contributed by atoms with van der Waals surface area (Å²) in [7, 11) is 1.87. The summed E-state index contributed by atoms with van der Waals surface area (Å²) in [4.78, 5) is 0. The second-order valence-corrected chi connectivity index (χ2v) is 3.09. The largest absolute Gasteiger partial charge is 0.257 e. The highest BCUT2D eigenvalue weighted by Crippen LogP contribution is 2.18. The average Bonchev–Trinajstić information content (AvgIpc) is 2.19. The van der Waals surface area contributed by atoms with Crippen LogP contribution in [0.2, 0.25) is 5.15 Å². The molecule has 0 aliphatic carbocycles. The van der Waals surface area contributed by atoms with E-state index in [9.17, 15) is 0 Å². The van der Waals surface area contributed by atoms with Gasteiger partial charge in [0, 0.05) is 12.6 Å². The van der Waals surface area contributed by atoms with Crippen molar-refractivity contribution in [1.29, 1.82) is 0 Å². The molecule has 0 aliphatic heterocycles. The van der Waals surface area contributed by atoms with Gasteiger partial charge in [-0.25, -0.2) is 0 Å². The molecule has 3 heteroatoms. The maximum atomic E-state index is 5.93. The monoisotopic (exact) mass is 172 g/mol.